The fraction of sp³-hybridized carbons (Fsp3) is 0.727. The molecule has 1 saturated heterocycles. The quantitative estimate of drug-likeness (QED) is 0.186. The van der Waals surface area contributed by atoms with E-state index in [2.05, 4.69) is 5.09 Å². The minimum atomic E-state index is -3.85. The van der Waals surface area contributed by atoms with Gasteiger partial charge in [0.25, 0.3) is 5.56 Å². The summed E-state index contributed by atoms with van der Waals surface area (Å²) in [4.78, 5) is 49.8. The summed E-state index contributed by atoms with van der Waals surface area (Å²) >= 11 is 0.827. The second-order valence-corrected chi connectivity index (χ2v) is 13.6. The number of hydrogen-bond acceptors (Lipinski definition) is 11. The average molecular weight is 566 g/mol. The van der Waals surface area contributed by atoms with E-state index in [1.807, 2.05) is 11.9 Å². The van der Waals surface area contributed by atoms with E-state index < -0.39 is 66.7 Å². The number of aliphatic hydroxyl groups excluding tert-OH is 1. The number of rotatable bonds is 14. The Morgan fingerprint density at radius 1 is 1.32 bits per heavy atom. The van der Waals surface area contributed by atoms with Crippen LogP contribution in [0, 0.1) is 0 Å². The fourth-order valence-electron chi connectivity index (χ4n) is 3.58. The van der Waals surface area contributed by atoms with Gasteiger partial charge in [-0.1, -0.05) is 18.3 Å². The minimum absolute atomic E-state index is 0.00593. The highest BCUT2D eigenvalue weighted by atomic mass is 32.7. The smallest absolute Gasteiger partial charge is 0.330 e. The van der Waals surface area contributed by atoms with Crippen LogP contribution in [-0.4, -0.2) is 73.8 Å². The molecule has 1 aromatic heterocycles. The van der Waals surface area contributed by atoms with E-state index in [1.165, 1.54) is 13.8 Å². The van der Waals surface area contributed by atoms with Crippen LogP contribution in [0.1, 0.15) is 60.1 Å². The molecule has 0 spiro atoms. The Kier molecular flexibility index (Phi) is 11.3. The lowest BCUT2D eigenvalue weighted by Gasteiger charge is -2.27. The zero-order valence-electron chi connectivity index (χ0n) is 21.5. The Morgan fingerprint density at radius 3 is 2.59 bits per heavy atom. The number of nitrogens with one attached hydrogen (secondary N) is 2. The van der Waals surface area contributed by atoms with Gasteiger partial charge in [-0.2, -0.15) is 0 Å². The number of H-pyrrole nitrogens is 1. The van der Waals surface area contributed by atoms with E-state index >= 15 is 0 Å². The molecule has 0 saturated carbocycles. The molecule has 6 atom stereocenters. The molecule has 0 unspecified atom stereocenters. The molecule has 0 aromatic carbocycles. The number of aromatic amines is 1. The molecule has 1 aromatic rings. The molecule has 37 heavy (non-hydrogen) atoms. The Hall–Kier alpha value is -1.80. The summed E-state index contributed by atoms with van der Waals surface area (Å²) in [5, 5.41) is 24.2. The van der Waals surface area contributed by atoms with E-state index in [4.69, 9.17) is 14.0 Å². The normalized spacial score (nSPS) is 26.1. The Balaban J connectivity index is 2.17. The van der Waals surface area contributed by atoms with Gasteiger partial charge in [0.05, 0.1) is 12.7 Å². The molecule has 15 heteroatoms. The highest BCUT2D eigenvalue weighted by Gasteiger charge is 2.54. The van der Waals surface area contributed by atoms with Gasteiger partial charge >= 0.3 is 18.4 Å². The summed E-state index contributed by atoms with van der Waals surface area (Å²) in [6.45, 7) is 3.57. The lowest BCUT2D eigenvalue weighted by molar-refractivity contribution is -0.149. The first-order chi connectivity index (χ1) is 17.2. The third kappa shape index (κ3) is 8.60. The molecular weight excluding hydrogens is 529 g/mol. The van der Waals surface area contributed by atoms with Crippen molar-refractivity contribution >= 4 is 29.9 Å². The minimum Gasteiger partial charge on any atom is -0.462 e. The number of Topliss-reactive ketones (excluding diaryl/α,β-unsaturated/α-hetero) is 1. The summed E-state index contributed by atoms with van der Waals surface area (Å²) in [6.07, 6.45) is -2.23. The second-order valence-electron chi connectivity index (χ2n) is 9.22. The monoisotopic (exact) mass is 565 g/mol. The molecule has 1 aliphatic heterocycles. The van der Waals surface area contributed by atoms with Crippen LogP contribution in [0.25, 0.3) is 0 Å². The Bertz CT molecular complexity index is 1100. The van der Waals surface area contributed by atoms with Crippen LogP contribution in [-0.2, 0) is 28.2 Å². The van der Waals surface area contributed by atoms with Crippen molar-refractivity contribution < 1.29 is 38.4 Å². The second kappa shape index (κ2) is 13.3. The maximum absolute atomic E-state index is 13.6. The van der Waals surface area contributed by atoms with Gasteiger partial charge in [0.2, 0.25) is 0 Å². The maximum Gasteiger partial charge on any atom is 0.330 e. The molecule has 210 valence electrons. The van der Waals surface area contributed by atoms with Crippen LogP contribution in [0.2, 0.25) is 0 Å². The summed E-state index contributed by atoms with van der Waals surface area (Å²) in [6, 6.07) is 0.0422. The molecule has 0 radical (unpaired) electrons. The largest absolute Gasteiger partial charge is 0.462 e. The number of esters is 1. The highest BCUT2D eigenvalue weighted by Crippen LogP contribution is 2.57. The van der Waals surface area contributed by atoms with Crippen molar-refractivity contribution in [3.8, 4) is 0 Å². The number of carbonyl (C=O) groups is 2. The van der Waals surface area contributed by atoms with Gasteiger partial charge in [-0.15, -0.1) is 0 Å². The number of aromatic nitrogens is 2. The number of ketones is 1. The van der Waals surface area contributed by atoms with E-state index in [-0.39, 0.29) is 18.0 Å². The zero-order valence-corrected chi connectivity index (χ0v) is 23.3. The average Bonchev–Trinajstić information content (AvgIpc) is 3.01. The molecule has 0 aliphatic carbocycles. The molecule has 2 heterocycles. The standard InChI is InChI=1S/C22H36N3O10PS/c1-6-7-15(26)9-11-37-36(32,24-14(4)19(29)34-13(2)3)33-12-16-18(28)22(5,31)20(35-16)25-10-8-17(27)23-21(25)30/h8,10,13-14,16,18,20,28,31H,6-7,9,11-12H2,1-5H3,(H,24,32)(H,23,27,30)/t14-,16-,18-,20-,22-,36-/m1/s1. The van der Waals surface area contributed by atoms with Crippen molar-refractivity contribution in [2.24, 2.45) is 0 Å². The van der Waals surface area contributed by atoms with Gasteiger partial charge in [0.1, 0.15) is 29.6 Å². The topological polar surface area (TPSA) is 186 Å². The summed E-state index contributed by atoms with van der Waals surface area (Å²) in [7, 11) is 0. The lowest BCUT2D eigenvalue weighted by Crippen LogP contribution is -2.46. The predicted octanol–water partition coefficient (Wildman–Crippen LogP) is 1.09. The van der Waals surface area contributed by atoms with Crippen molar-refractivity contribution in [2.45, 2.75) is 90.1 Å². The molecular formula is C22H36N3O10PS. The van der Waals surface area contributed by atoms with E-state index in [0.717, 1.165) is 28.2 Å². The van der Waals surface area contributed by atoms with Gasteiger partial charge in [0.15, 0.2) is 6.23 Å². The summed E-state index contributed by atoms with van der Waals surface area (Å²) in [5.41, 5.74) is -3.48. The Morgan fingerprint density at radius 2 is 2.00 bits per heavy atom. The molecule has 2 rings (SSSR count). The zero-order chi connectivity index (χ0) is 28.0. The van der Waals surface area contributed by atoms with Crippen LogP contribution in [0.5, 0.6) is 0 Å². The molecule has 4 N–H and O–H groups in total. The molecule has 0 bridgehead atoms. The number of hydrogen-bond donors (Lipinski definition) is 4. The van der Waals surface area contributed by atoms with Gasteiger partial charge in [-0.05, 0) is 34.1 Å². The maximum atomic E-state index is 13.6. The first-order valence-corrected chi connectivity index (χ1v) is 15.2. The van der Waals surface area contributed by atoms with Gasteiger partial charge in [0, 0.05) is 30.9 Å². The van der Waals surface area contributed by atoms with E-state index in [0.29, 0.717) is 12.8 Å². The van der Waals surface area contributed by atoms with E-state index in [1.54, 1.807) is 13.8 Å². The summed E-state index contributed by atoms with van der Waals surface area (Å²) in [5.74, 6) is -0.511. The Labute approximate surface area is 218 Å². The first kappa shape index (κ1) is 31.4. The van der Waals surface area contributed by atoms with Gasteiger partial charge < -0.3 is 24.2 Å². The van der Waals surface area contributed by atoms with Crippen LogP contribution in [0.15, 0.2) is 21.9 Å². The number of aliphatic hydroxyl groups is 2. The van der Waals surface area contributed by atoms with Crippen molar-refractivity contribution in [2.75, 3.05) is 12.4 Å². The molecule has 1 aliphatic rings. The van der Waals surface area contributed by atoms with Crippen molar-refractivity contribution in [3.05, 3.63) is 33.1 Å². The van der Waals surface area contributed by atoms with Gasteiger partial charge in [-0.3, -0.25) is 28.5 Å². The third-order valence-corrected chi connectivity index (χ3v) is 9.61. The third-order valence-electron chi connectivity index (χ3n) is 5.50. The predicted molar refractivity (Wildman–Crippen MR) is 136 cm³/mol. The summed E-state index contributed by atoms with van der Waals surface area (Å²) < 4.78 is 31.0. The fourth-order valence-corrected chi connectivity index (χ4v) is 7.39. The molecule has 13 nitrogen and oxygen atoms in total. The highest BCUT2D eigenvalue weighted by molar-refractivity contribution is 8.56. The van der Waals surface area contributed by atoms with Crippen LogP contribution < -0.4 is 16.3 Å². The van der Waals surface area contributed by atoms with E-state index in [9.17, 15) is 34.0 Å². The number of carbonyl (C=O) groups excluding carboxylic acids is 2. The number of ether oxygens (including phenoxy) is 2. The SMILES string of the molecule is CCCC(=O)CCS[P@@](=O)(N[C@H](C)C(=O)OC(C)C)OC[C@H]1O[C@@H](n2ccc(=O)[nH]c2=O)[C@](C)(O)[C@@H]1O. The number of nitrogens with zero attached hydrogens (tertiary/aromatic N) is 1. The van der Waals surface area contributed by atoms with Crippen LogP contribution in [0.3, 0.4) is 0 Å². The van der Waals surface area contributed by atoms with Crippen LogP contribution >= 0.6 is 18.1 Å². The van der Waals surface area contributed by atoms with Crippen molar-refractivity contribution in [3.63, 3.8) is 0 Å². The first-order valence-electron chi connectivity index (χ1n) is 12.0. The lowest BCUT2D eigenvalue weighted by atomic mass is 9.96. The van der Waals surface area contributed by atoms with Gasteiger partial charge in [-0.25, -0.2) is 9.88 Å². The molecule has 1 fully saturated rings. The van der Waals surface area contributed by atoms with Crippen LogP contribution in [0.4, 0.5) is 0 Å². The molecule has 0 amide bonds. The van der Waals surface area contributed by atoms with Crippen molar-refractivity contribution in [1.29, 1.82) is 0 Å². The van der Waals surface area contributed by atoms with Crippen molar-refractivity contribution in [1.82, 2.24) is 14.6 Å².